The molecule has 3 rings (SSSR count). The van der Waals surface area contributed by atoms with Crippen molar-refractivity contribution in [2.24, 2.45) is 0 Å². The molecule has 8 heteroatoms. The Hall–Kier alpha value is -3.00. The summed E-state index contributed by atoms with van der Waals surface area (Å²) in [6, 6.07) is 12.3. The molecule has 146 valence electrons. The van der Waals surface area contributed by atoms with Gasteiger partial charge >= 0.3 is 12.6 Å². The molecular weight excluding hydrogens is 388 g/mol. The number of aliphatic carboxylic acids is 1. The predicted octanol–water partition coefficient (Wildman–Crippen LogP) is 5.31. The van der Waals surface area contributed by atoms with Gasteiger partial charge in [0.25, 0.3) is 0 Å². The first-order valence-corrected chi connectivity index (χ1v) is 9.19. The van der Waals surface area contributed by atoms with Gasteiger partial charge in [0, 0.05) is 12.0 Å². The molecule has 5 nitrogen and oxygen atoms in total. The van der Waals surface area contributed by atoms with Gasteiger partial charge in [0.2, 0.25) is 0 Å². The number of fused-ring (bicyclic) bond motifs is 1. The SMILES string of the molecule is COc1cccc(C=C(CCC(=O)O)c2nc3ccccc3s2)c1OC(F)F. The van der Waals surface area contributed by atoms with Crippen LogP contribution >= 0.6 is 11.3 Å². The van der Waals surface area contributed by atoms with E-state index in [2.05, 4.69) is 9.72 Å². The number of para-hydroxylation sites is 2. The Balaban J connectivity index is 2.09. The number of rotatable bonds is 8. The van der Waals surface area contributed by atoms with Crippen LogP contribution in [0.2, 0.25) is 0 Å². The average molecular weight is 405 g/mol. The van der Waals surface area contributed by atoms with E-state index in [1.165, 1.54) is 24.5 Å². The van der Waals surface area contributed by atoms with Gasteiger partial charge in [-0.1, -0.05) is 24.3 Å². The van der Waals surface area contributed by atoms with E-state index in [-0.39, 0.29) is 24.3 Å². The van der Waals surface area contributed by atoms with Crippen LogP contribution in [0.4, 0.5) is 8.78 Å². The molecule has 1 heterocycles. The minimum atomic E-state index is -3.02. The lowest BCUT2D eigenvalue weighted by molar-refractivity contribution is -0.136. The number of aromatic nitrogens is 1. The van der Waals surface area contributed by atoms with Crippen molar-refractivity contribution >= 4 is 39.2 Å². The number of halogens is 2. The Morgan fingerprint density at radius 3 is 2.68 bits per heavy atom. The molecule has 0 aliphatic rings. The summed E-state index contributed by atoms with van der Waals surface area (Å²) in [5, 5.41) is 9.72. The highest BCUT2D eigenvalue weighted by molar-refractivity contribution is 7.19. The molecule has 0 aliphatic heterocycles. The van der Waals surface area contributed by atoms with Crippen molar-refractivity contribution in [1.29, 1.82) is 0 Å². The van der Waals surface area contributed by atoms with Gasteiger partial charge in [-0.25, -0.2) is 4.98 Å². The van der Waals surface area contributed by atoms with Crippen molar-refractivity contribution in [2.75, 3.05) is 7.11 Å². The lowest BCUT2D eigenvalue weighted by atomic mass is 10.1. The summed E-state index contributed by atoms with van der Waals surface area (Å²) in [7, 11) is 1.36. The van der Waals surface area contributed by atoms with E-state index in [1.54, 1.807) is 18.2 Å². The summed E-state index contributed by atoms with van der Waals surface area (Å²) in [6.45, 7) is -3.02. The topological polar surface area (TPSA) is 68.7 Å². The number of alkyl halides is 2. The lowest BCUT2D eigenvalue weighted by Gasteiger charge is -2.13. The summed E-state index contributed by atoms with van der Waals surface area (Å²) in [5.74, 6) is -0.897. The molecule has 0 saturated carbocycles. The van der Waals surface area contributed by atoms with Crippen molar-refractivity contribution < 1.29 is 28.2 Å². The maximum atomic E-state index is 12.9. The maximum Gasteiger partial charge on any atom is 0.387 e. The fourth-order valence-electron chi connectivity index (χ4n) is 2.70. The molecule has 0 bridgehead atoms. The van der Waals surface area contributed by atoms with Gasteiger partial charge in [-0.05, 0) is 36.3 Å². The molecule has 1 N–H and O–H groups in total. The normalized spacial score (nSPS) is 11.8. The smallest absolute Gasteiger partial charge is 0.387 e. The second-order valence-corrected chi connectivity index (χ2v) is 6.84. The van der Waals surface area contributed by atoms with Gasteiger partial charge in [-0.2, -0.15) is 8.78 Å². The zero-order chi connectivity index (χ0) is 20.1. The highest BCUT2D eigenvalue weighted by Gasteiger charge is 2.17. The number of ether oxygens (including phenoxy) is 2. The Bertz CT molecular complexity index is 983. The number of carboxylic acid groups (broad SMARTS) is 1. The van der Waals surface area contributed by atoms with Crippen molar-refractivity contribution in [3.05, 3.63) is 53.0 Å². The van der Waals surface area contributed by atoms with E-state index < -0.39 is 12.6 Å². The standard InChI is InChI=1S/C20H17F2NO4S/c1-26-15-7-4-5-12(18(15)27-20(21)22)11-13(9-10-17(24)25)19-23-14-6-2-3-8-16(14)28-19/h2-8,11,20H,9-10H2,1H3,(H,24,25). The quantitative estimate of drug-likeness (QED) is 0.550. The number of thiazole rings is 1. The number of allylic oxidation sites excluding steroid dienone is 1. The molecule has 0 amide bonds. The van der Waals surface area contributed by atoms with Crippen LogP contribution < -0.4 is 9.47 Å². The van der Waals surface area contributed by atoms with E-state index in [0.717, 1.165) is 10.2 Å². The second kappa shape index (κ2) is 8.79. The Kier molecular flexibility index (Phi) is 6.20. The van der Waals surface area contributed by atoms with E-state index >= 15 is 0 Å². The van der Waals surface area contributed by atoms with Crippen molar-refractivity contribution in [1.82, 2.24) is 4.98 Å². The predicted molar refractivity (Wildman–Crippen MR) is 104 cm³/mol. The Labute approximate surface area is 163 Å². The summed E-state index contributed by atoms with van der Waals surface area (Å²) < 4.78 is 36.5. The number of hydrogen-bond acceptors (Lipinski definition) is 5. The summed E-state index contributed by atoms with van der Waals surface area (Å²) in [4.78, 5) is 15.6. The first-order valence-electron chi connectivity index (χ1n) is 8.38. The number of carbonyl (C=O) groups is 1. The monoisotopic (exact) mass is 405 g/mol. The zero-order valence-electron chi connectivity index (χ0n) is 14.9. The Morgan fingerprint density at radius 2 is 2.00 bits per heavy atom. The van der Waals surface area contributed by atoms with Gasteiger partial charge in [0.15, 0.2) is 11.5 Å². The molecular formula is C20H17F2NO4S. The first kappa shape index (κ1) is 19.8. The van der Waals surface area contributed by atoms with Gasteiger partial charge in [-0.15, -0.1) is 11.3 Å². The molecule has 3 aromatic rings. The maximum absolute atomic E-state index is 12.9. The van der Waals surface area contributed by atoms with Crippen LogP contribution in [-0.4, -0.2) is 29.8 Å². The van der Waals surface area contributed by atoms with Crippen LogP contribution in [0.1, 0.15) is 23.4 Å². The van der Waals surface area contributed by atoms with Crippen LogP contribution in [0.3, 0.4) is 0 Å². The fourth-order valence-corrected chi connectivity index (χ4v) is 3.71. The van der Waals surface area contributed by atoms with Crippen molar-refractivity contribution in [2.45, 2.75) is 19.5 Å². The third-order valence-corrected chi connectivity index (χ3v) is 5.05. The van der Waals surface area contributed by atoms with E-state index in [9.17, 15) is 13.6 Å². The van der Waals surface area contributed by atoms with Crippen LogP contribution in [0.15, 0.2) is 42.5 Å². The minimum absolute atomic E-state index is 0.103. The number of hydrogen-bond donors (Lipinski definition) is 1. The first-order chi connectivity index (χ1) is 13.5. The largest absolute Gasteiger partial charge is 0.493 e. The van der Waals surface area contributed by atoms with Gasteiger partial charge < -0.3 is 14.6 Å². The number of benzene rings is 2. The third kappa shape index (κ3) is 4.64. The van der Waals surface area contributed by atoms with Crippen LogP contribution in [-0.2, 0) is 4.79 Å². The van der Waals surface area contributed by atoms with Gasteiger partial charge in [0.05, 0.1) is 17.3 Å². The number of carboxylic acids is 1. The van der Waals surface area contributed by atoms with E-state index in [4.69, 9.17) is 9.84 Å². The van der Waals surface area contributed by atoms with E-state index in [1.807, 2.05) is 24.3 Å². The molecule has 0 unspecified atom stereocenters. The molecule has 1 aromatic heterocycles. The number of methoxy groups -OCH3 is 1. The summed E-state index contributed by atoms with van der Waals surface area (Å²) >= 11 is 1.41. The molecule has 0 fully saturated rings. The number of nitrogens with zero attached hydrogens (tertiary/aromatic N) is 1. The van der Waals surface area contributed by atoms with Crippen LogP contribution in [0, 0.1) is 0 Å². The van der Waals surface area contributed by atoms with Crippen LogP contribution in [0.5, 0.6) is 11.5 Å². The average Bonchev–Trinajstić information content (AvgIpc) is 3.09. The lowest BCUT2D eigenvalue weighted by Crippen LogP contribution is -2.05. The molecule has 0 atom stereocenters. The molecule has 2 aromatic carbocycles. The van der Waals surface area contributed by atoms with Gasteiger partial charge in [0.1, 0.15) is 5.01 Å². The second-order valence-electron chi connectivity index (χ2n) is 5.81. The molecule has 0 radical (unpaired) electrons. The summed E-state index contributed by atoms with van der Waals surface area (Å²) in [5.41, 5.74) is 1.77. The molecule has 0 saturated heterocycles. The third-order valence-electron chi connectivity index (χ3n) is 3.94. The molecule has 28 heavy (non-hydrogen) atoms. The van der Waals surface area contributed by atoms with Crippen LogP contribution in [0.25, 0.3) is 21.9 Å². The van der Waals surface area contributed by atoms with Crippen molar-refractivity contribution in [3.8, 4) is 11.5 Å². The fraction of sp³-hybridized carbons (Fsp3) is 0.200. The van der Waals surface area contributed by atoms with Gasteiger partial charge in [-0.3, -0.25) is 4.79 Å². The zero-order valence-corrected chi connectivity index (χ0v) is 15.7. The van der Waals surface area contributed by atoms with E-state index in [0.29, 0.717) is 16.1 Å². The highest BCUT2D eigenvalue weighted by Crippen LogP contribution is 2.37. The molecule has 0 aliphatic carbocycles. The van der Waals surface area contributed by atoms with Crippen molar-refractivity contribution in [3.63, 3.8) is 0 Å². The Morgan fingerprint density at radius 1 is 1.21 bits per heavy atom. The minimum Gasteiger partial charge on any atom is -0.493 e. The molecule has 0 spiro atoms. The highest BCUT2D eigenvalue weighted by atomic mass is 32.1. The summed E-state index contributed by atoms with van der Waals surface area (Å²) in [6.07, 6.45) is 1.71.